The quantitative estimate of drug-likeness (QED) is 0.294. The fourth-order valence-corrected chi connectivity index (χ4v) is 5.19. The lowest BCUT2D eigenvalue weighted by Crippen LogP contribution is -2.45. The van der Waals surface area contributed by atoms with E-state index in [4.69, 9.17) is 10.5 Å². The molecule has 2 heterocycles. The Kier molecular flexibility index (Phi) is 8.15. The van der Waals surface area contributed by atoms with Crippen LogP contribution in [-0.4, -0.2) is 34.5 Å². The summed E-state index contributed by atoms with van der Waals surface area (Å²) in [5.41, 5.74) is 13.0. The number of carbonyl (C=O) groups is 1. The number of ether oxygens (including phenoxy) is 1. The van der Waals surface area contributed by atoms with Crippen molar-refractivity contribution in [2.75, 3.05) is 18.4 Å². The Morgan fingerprint density at radius 3 is 2.56 bits per heavy atom. The number of aromatic nitrogens is 1. The first-order valence-corrected chi connectivity index (χ1v) is 13.7. The second-order valence-electron chi connectivity index (χ2n) is 10.9. The first-order valence-electron chi connectivity index (χ1n) is 13.7. The smallest absolute Gasteiger partial charge is 0.255 e. The van der Waals surface area contributed by atoms with Gasteiger partial charge in [-0.3, -0.25) is 9.69 Å². The third-order valence-corrected chi connectivity index (χ3v) is 7.51. The van der Waals surface area contributed by atoms with E-state index in [1.165, 1.54) is 5.56 Å². The predicted octanol–water partition coefficient (Wildman–Crippen LogP) is 6.09. The van der Waals surface area contributed by atoms with Crippen LogP contribution in [0.2, 0.25) is 0 Å². The lowest BCUT2D eigenvalue weighted by molar-refractivity contribution is 0.102. The summed E-state index contributed by atoms with van der Waals surface area (Å²) in [6, 6.07) is 24.3. The molecule has 0 bridgehead atoms. The average molecular weight is 523 g/mol. The first kappa shape index (κ1) is 26.7. The molecule has 3 N–H and O–H groups in total. The number of likely N-dealkylation sites (tertiary alicyclic amines) is 1. The molecule has 1 fully saturated rings. The Balaban J connectivity index is 1.33. The van der Waals surface area contributed by atoms with Crippen LogP contribution in [0.4, 0.5) is 5.69 Å². The summed E-state index contributed by atoms with van der Waals surface area (Å²) in [6.45, 7) is 9.55. The van der Waals surface area contributed by atoms with E-state index in [2.05, 4.69) is 59.2 Å². The monoisotopic (exact) mass is 522 g/mol. The van der Waals surface area contributed by atoms with Crippen molar-refractivity contribution in [3.05, 3.63) is 113 Å². The highest BCUT2D eigenvalue weighted by Crippen LogP contribution is 2.25. The van der Waals surface area contributed by atoms with Gasteiger partial charge in [-0.2, -0.15) is 0 Å². The van der Waals surface area contributed by atoms with Crippen LogP contribution in [0.5, 0.6) is 5.75 Å². The third-order valence-electron chi connectivity index (χ3n) is 7.51. The molecule has 1 amide bonds. The zero-order valence-corrected chi connectivity index (χ0v) is 23.1. The molecule has 3 aromatic carbocycles. The fourth-order valence-electron chi connectivity index (χ4n) is 5.19. The minimum atomic E-state index is -0.142. The highest BCUT2D eigenvalue weighted by Gasteiger charge is 2.23. The number of hydrogen-bond donors (Lipinski definition) is 2. The molecule has 39 heavy (non-hydrogen) atoms. The van der Waals surface area contributed by atoms with E-state index in [0.717, 1.165) is 59.9 Å². The molecule has 4 aromatic rings. The van der Waals surface area contributed by atoms with Crippen molar-refractivity contribution < 1.29 is 9.53 Å². The second-order valence-corrected chi connectivity index (χ2v) is 10.9. The van der Waals surface area contributed by atoms with Crippen LogP contribution in [0.3, 0.4) is 0 Å². The van der Waals surface area contributed by atoms with Gasteiger partial charge in [-0.15, -0.1) is 0 Å². The molecule has 6 heteroatoms. The molecule has 1 aromatic heterocycles. The number of hydrogen-bond acceptors (Lipinski definition) is 4. The third kappa shape index (κ3) is 6.77. The lowest BCUT2D eigenvalue weighted by Gasteiger charge is -2.35. The maximum atomic E-state index is 13.3. The topological polar surface area (TPSA) is 72.5 Å². The Bertz CT molecular complexity index is 1430. The molecule has 0 aliphatic carbocycles. The lowest BCUT2D eigenvalue weighted by atomic mass is 9.94. The van der Waals surface area contributed by atoms with Gasteiger partial charge in [0.1, 0.15) is 12.4 Å². The zero-order chi connectivity index (χ0) is 27.4. The van der Waals surface area contributed by atoms with Gasteiger partial charge in [0.2, 0.25) is 0 Å². The van der Waals surface area contributed by atoms with Gasteiger partial charge in [-0.05, 0) is 97.4 Å². The van der Waals surface area contributed by atoms with Gasteiger partial charge >= 0.3 is 0 Å². The van der Waals surface area contributed by atoms with Crippen molar-refractivity contribution >= 4 is 11.6 Å². The van der Waals surface area contributed by atoms with Gasteiger partial charge in [-0.1, -0.05) is 37.3 Å². The summed E-state index contributed by atoms with van der Waals surface area (Å²) in [5, 5.41) is 3.14. The second kappa shape index (κ2) is 11.9. The van der Waals surface area contributed by atoms with Gasteiger partial charge in [0.25, 0.3) is 5.91 Å². The van der Waals surface area contributed by atoms with Crippen LogP contribution >= 0.6 is 0 Å². The number of nitrogens with zero attached hydrogens (tertiary/aromatic N) is 2. The molecular formula is C33H38N4O2. The first-order chi connectivity index (χ1) is 18.8. The standard InChI is InChI=1S/C33H38N4O2/c1-23-11-14-37(19-23)30-17-27(21-36-13-12-31(34)25(3)20-36)16-29(18-30)35-33(38)28-9-10-32(24(2)15-28)39-22-26-7-5-4-6-8-26/h4-11,14-19,25,31H,12-13,20-22,34H2,1-3H3,(H,35,38). The van der Waals surface area contributed by atoms with E-state index in [1.807, 2.05) is 61.5 Å². The highest BCUT2D eigenvalue weighted by atomic mass is 16.5. The van der Waals surface area contributed by atoms with Crippen LogP contribution < -0.4 is 15.8 Å². The number of benzene rings is 3. The van der Waals surface area contributed by atoms with Crippen molar-refractivity contribution in [3.8, 4) is 11.4 Å². The van der Waals surface area contributed by atoms with E-state index in [0.29, 0.717) is 18.1 Å². The van der Waals surface area contributed by atoms with Crippen molar-refractivity contribution in [1.29, 1.82) is 0 Å². The number of piperidine rings is 1. The number of aryl methyl sites for hydroxylation is 2. The molecule has 6 nitrogen and oxygen atoms in total. The SMILES string of the molecule is Cc1ccn(-c2cc(CN3CCC(N)C(C)C3)cc(NC(=O)c3ccc(OCc4ccccc4)c(C)c3)c2)c1. The number of nitrogens with two attached hydrogens (primary N) is 1. The van der Waals surface area contributed by atoms with Crippen LogP contribution in [0.1, 0.15) is 46.0 Å². The van der Waals surface area contributed by atoms with Crippen molar-refractivity contribution in [3.63, 3.8) is 0 Å². The van der Waals surface area contributed by atoms with Crippen LogP contribution in [0.25, 0.3) is 5.69 Å². The van der Waals surface area contributed by atoms with E-state index in [-0.39, 0.29) is 11.9 Å². The minimum absolute atomic E-state index is 0.142. The minimum Gasteiger partial charge on any atom is -0.489 e. The highest BCUT2D eigenvalue weighted by molar-refractivity contribution is 6.04. The average Bonchev–Trinajstić information content (AvgIpc) is 3.37. The van der Waals surface area contributed by atoms with Gasteiger partial charge in [-0.25, -0.2) is 0 Å². The molecule has 2 unspecified atom stereocenters. The van der Waals surface area contributed by atoms with E-state index in [1.54, 1.807) is 0 Å². The Morgan fingerprint density at radius 1 is 1.03 bits per heavy atom. The van der Waals surface area contributed by atoms with Gasteiger partial charge < -0.3 is 20.4 Å². The fraction of sp³-hybridized carbons (Fsp3) is 0.303. The molecule has 1 aliphatic rings. The summed E-state index contributed by atoms with van der Waals surface area (Å²) in [7, 11) is 0. The van der Waals surface area contributed by atoms with Crippen LogP contribution in [0.15, 0.2) is 85.2 Å². The molecule has 202 valence electrons. The van der Waals surface area contributed by atoms with Gasteiger partial charge in [0.05, 0.1) is 0 Å². The molecule has 1 aliphatic heterocycles. The van der Waals surface area contributed by atoms with Crippen molar-refractivity contribution in [2.24, 2.45) is 11.7 Å². The number of nitrogens with one attached hydrogen (secondary N) is 1. The largest absolute Gasteiger partial charge is 0.489 e. The number of amides is 1. The van der Waals surface area contributed by atoms with E-state index >= 15 is 0 Å². The number of anilines is 1. The van der Waals surface area contributed by atoms with E-state index < -0.39 is 0 Å². The zero-order valence-electron chi connectivity index (χ0n) is 23.1. The Morgan fingerprint density at radius 2 is 1.85 bits per heavy atom. The molecule has 1 saturated heterocycles. The van der Waals surface area contributed by atoms with Gasteiger partial charge in [0, 0.05) is 48.5 Å². The van der Waals surface area contributed by atoms with Crippen LogP contribution in [-0.2, 0) is 13.2 Å². The normalized spacial score (nSPS) is 17.6. The number of carbonyl (C=O) groups excluding carboxylic acids is 1. The molecule has 2 atom stereocenters. The predicted molar refractivity (Wildman–Crippen MR) is 157 cm³/mol. The number of rotatable bonds is 8. The Hall–Kier alpha value is -3.87. The molecule has 0 saturated carbocycles. The Labute approximate surface area is 231 Å². The molecule has 0 spiro atoms. The molecule has 5 rings (SSSR count). The van der Waals surface area contributed by atoms with Crippen molar-refractivity contribution in [1.82, 2.24) is 9.47 Å². The van der Waals surface area contributed by atoms with E-state index in [9.17, 15) is 4.79 Å². The maximum Gasteiger partial charge on any atom is 0.255 e. The summed E-state index contributed by atoms with van der Waals surface area (Å²) in [5.74, 6) is 1.10. The molecular weight excluding hydrogens is 484 g/mol. The van der Waals surface area contributed by atoms with Crippen LogP contribution in [0, 0.1) is 19.8 Å². The summed E-state index contributed by atoms with van der Waals surface area (Å²) < 4.78 is 8.10. The summed E-state index contributed by atoms with van der Waals surface area (Å²) >= 11 is 0. The summed E-state index contributed by atoms with van der Waals surface area (Å²) in [6.07, 6.45) is 5.16. The summed E-state index contributed by atoms with van der Waals surface area (Å²) in [4.78, 5) is 15.8. The van der Waals surface area contributed by atoms with Gasteiger partial charge in [0.15, 0.2) is 0 Å². The molecule has 0 radical (unpaired) electrons. The maximum absolute atomic E-state index is 13.3. The van der Waals surface area contributed by atoms with Crippen molar-refractivity contribution in [2.45, 2.75) is 46.4 Å².